The molecule has 1 aliphatic rings. The number of nitrogens with zero attached hydrogens (tertiary/aromatic N) is 1. The Hall–Kier alpha value is -2.79. The first-order valence-corrected chi connectivity index (χ1v) is 10.6. The van der Waals surface area contributed by atoms with Crippen molar-refractivity contribution in [3.8, 4) is 10.6 Å². The number of carbonyl (C=O) groups excluding carboxylic acids is 1. The van der Waals surface area contributed by atoms with Crippen molar-refractivity contribution in [3.63, 3.8) is 0 Å². The van der Waals surface area contributed by atoms with E-state index in [9.17, 15) is 14.7 Å². The average Bonchev–Trinajstić information content (AvgIpc) is 3.11. The van der Waals surface area contributed by atoms with E-state index in [2.05, 4.69) is 19.1 Å². The third-order valence-electron chi connectivity index (χ3n) is 5.60. The number of hydrogen-bond acceptors (Lipinski definition) is 4. The standard InChI is InChI=1S/C24H23NO3S/c1-14-3-9-18(24(27)28)19(11-14)21(26)13-16-5-7-17(8-6-16)23-25-20-10-4-15(2)12-22(20)29-23/h3-8,10,12,18-19H,9,11,13H2,1-2H3,(H,27,28). The van der Waals surface area contributed by atoms with Gasteiger partial charge in [0.15, 0.2) is 0 Å². The fraction of sp³-hybridized carbons (Fsp3) is 0.292. The number of fused-ring (bicyclic) bond motifs is 1. The lowest BCUT2D eigenvalue weighted by molar-refractivity contribution is -0.146. The predicted octanol–water partition coefficient (Wildman–Crippen LogP) is 5.44. The van der Waals surface area contributed by atoms with E-state index in [0.717, 1.165) is 27.2 Å². The molecule has 0 bridgehead atoms. The van der Waals surface area contributed by atoms with Gasteiger partial charge < -0.3 is 5.11 Å². The Morgan fingerprint density at radius 3 is 2.59 bits per heavy atom. The van der Waals surface area contributed by atoms with Crippen molar-refractivity contribution in [2.75, 3.05) is 0 Å². The zero-order valence-corrected chi connectivity index (χ0v) is 17.3. The molecular weight excluding hydrogens is 382 g/mol. The van der Waals surface area contributed by atoms with Crippen LogP contribution in [0.15, 0.2) is 54.1 Å². The lowest BCUT2D eigenvalue weighted by Gasteiger charge is -2.26. The number of Topliss-reactive ketones (excluding diaryl/α,β-unsaturated/α-hetero) is 1. The van der Waals surface area contributed by atoms with Crippen LogP contribution in [0.1, 0.15) is 30.9 Å². The highest BCUT2D eigenvalue weighted by Gasteiger charge is 2.35. The molecule has 0 amide bonds. The number of aryl methyl sites for hydroxylation is 1. The normalized spacial score (nSPS) is 19.2. The van der Waals surface area contributed by atoms with Gasteiger partial charge in [-0.05, 0) is 49.9 Å². The first-order chi connectivity index (χ1) is 13.9. The summed E-state index contributed by atoms with van der Waals surface area (Å²) in [7, 11) is 0. The van der Waals surface area contributed by atoms with Gasteiger partial charge in [-0.3, -0.25) is 9.59 Å². The van der Waals surface area contributed by atoms with Gasteiger partial charge in [0, 0.05) is 17.9 Å². The van der Waals surface area contributed by atoms with Gasteiger partial charge in [-0.2, -0.15) is 0 Å². The van der Waals surface area contributed by atoms with Crippen LogP contribution in [-0.2, 0) is 16.0 Å². The van der Waals surface area contributed by atoms with E-state index in [1.165, 1.54) is 10.3 Å². The van der Waals surface area contributed by atoms with Gasteiger partial charge in [-0.1, -0.05) is 42.0 Å². The molecule has 4 nitrogen and oxygen atoms in total. The van der Waals surface area contributed by atoms with E-state index >= 15 is 0 Å². The van der Waals surface area contributed by atoms with Gasteiger partial charge in [0.1, 0.15) is 10.8 Å². The first-order valence-electron chi connectivity index (χ1n) is 9.78. The number of carbonyl (C=O) groups is 2. The average molecular weight is 406 g/mol. The second-order valence-corrected chi connectivity index (χ2v) is 8.90. The Balaban J connectivity index is 1.50. The molecule has 0 saturated carbocycles. The summed E-state index contributed by atoms with van der Waals surface area (Å²) in [5.41, 5.74) is 5.25. The number of hydrogen-bond donors (Lipinski definition) is 1. The highest BCUT2D eigenvalue weighted by atomic mass is 32.1. The molecule has 148 valence electrons. The molecule has 2 unspecified atom stereocenters. The van der Waals surface area contributed by atoms with Crippen LogP contribution in [0.4, 0.5) is 0 Å². The topological polar surface area (TPSA) is 67.3 Å². The number of aromatic nitrogens is 1. The minimum Gasteiger partial charge on any atom is -0.481 e. The quantitative estimate of drug-likeness (QED) is 0.574. The fourth-order valence-corrected chi connectivity index (χ4v) is 5.00. The number of aliphatic carboxylic acids is 1. The van der Waals surface area contributed by atoms with Crippen molar-refractivity contribution in [2.24, 2.45) is 11.8 Å². The Bertz CT molecular complexity index is 1110. The first kappa shape index (κ1) is 19.5. The van der Waals surface area contributed by atoms with E-state index in [0.29, 0.717) is 12.8 Å². The molecule has 1 aliphatic carbocycles. The van der Waals surface area contributed by atoms with Gasteiger partial charge >= 0.3 is 5.97 Å². The summed E-state index contributed by atoms with van der Waals surface area (Å²) < 4.78 is 1.17. The molecule has 2 aromatic carbocycles. The molecule has 0 fully saturated rings. The summed E-state index contributed by atoms with van der Waals surface area (Å²) in [5, 5.41) is 10.4. The lowest BCUT2D eigenvalue weighted by Crippen LogP contribution is -2.33. The van der Waals surface area contributed by atoms with Crippen molar-refractivity contribution >= 4 is 33.3 Å². The maximum absolute atomic E-state index is 12.8. The molecule has 2 atom stereocenters. The molecular formula is C24H23NO3S. The highest BCUT2D eigenvalue weighted by Crippen LogP contribution is 2.33. The van der Waals surface area contributed by atoms with Crippen LogP contribution in [-0.4, -0.2) is 21.8 Å². The highest BCUT2D eigenvalue weighted by molar-refractivity contribution is 7.21. The largest absolute Gasteiger partial charge is 0.481 e. The summed E-state index contributed by atoms with van der Waals surface area (Å²) in [4.78, 5) is 29.1. The number of thiazole rings is 1. The van der Waals surface area contributed by atoms with Gasteiger partial charge in [-0.25, -0.2) is 4.98 Å². The zero-order valence-electron chi connectivity index (χ0n) is 16.5. The minimum atomic E-state index is -0.881. The minimum absolute atomic E-state index is 0.00747. The lowest BCUT2D eigenvalue weighted by atomic mass is 9.76. The molecule has 4 rings (SSSR count). The molecule has 3 aromatic rings. The van der Waals surface area contributed by atoms with Gasteiger partial charge in [0.05, 0.1) is 16.1 Å². The van der Waals surface area contributed by atoms with E-state index in [4.69, 9.17) is 4.98 Å². The Morgan fingerprint density at radius 1 is 1.10 bits per heavy atom. The Kier molecular flexibility index (Phi) is 5.33. The number of rotatable bonds is 5. The Labute approximate surface area is 173 Å². The number of allylic oxidation sites excluding steroid dienone is 2. The molecule has 29 heavy (non-hydrogen) atoms. The summed E-state index contributed by atoms with van der Waals surface area (Å²) >= 11 is 1.66. The predicted molar refractivity (Wildman–Crippen MR) is 116 cm³/mol. The molecule has 1 heterocycles. The fourth-order valence-electron chi connectivity index (χ4n) is 3.93. The summed E-state index contributed by atoms with van der Waals surface area (Å²) in [5.74, 6) is -1.93. The third-order valence-corrected chi connectivity index (χ3v) is 6.67. The Morgan fingerprint density at radius 2 is 1.86 bits per heavy atom. The number of carboxylic acid groups (broad SMARTS) is 1. The van der Waals surface area contributed by atoms with Crippen molar-refractivity contribution < 1.29 is 14.7 Å². The van der Waals surface area contributed by atoms with Gasteiger partial charge in [0.2, 0.25) is 0 Å². The summed E-state index contributed by atoms with van der Waals surface area (Å²) in [6, 6.07) is 14.1. The molecule has 1 N–H and O–H groups in total. The maximum Gasteiger partial charge on any atom is 0.307 e. The van der Waals surface area contributed by atoms with Crippen LogP contribution >= 0.6 is 11.3 Å². The number of carboxylic acids is 1. The van der Waals surface area contributed by atoms with Crippen LogP contribution in [0.3, 0.4) is 0 Å². The smallest absolute Gasteiger partial charge is 0.307 e. The summed E-state index contributed by atoms with van der Waals surface area (Å²) in [6.07, 6.45) is 3.19. The van der Waals surface area contributed by atoms with E-state index < -0.39 is 17.8 Å². The number of benzene rings is 2. The van der Waals surface area contributed by atoms with Gasteiger partial charge in [-0.15, -0.1) is 11.3 Å². The SMILES string of the molecule is CC1=CCC(C(=O)O)C(C(=O)Cc2ccc(-c3nc4ccc(C)cc4s3)cc2)C1. The monoisotopic (exact) mass is 405 g/mol. The molecule has 0 radical (unpaired) electrons. The van der Waals surface area contributed by atoms with E-state index in [1.54, 1.807) is 11.3 Å². The van der Waals surface area contributed by atoms with Crippen molar-refractivity contribution in [1.29, 1.82) is 0 Å². The van der Waals surface area contributed by atoms with Gasteiger partial charge in [0.25, 0.3) is 0 Å². The van der Waals surface area contributed by atoms with Crippen LogP contribution in [0.2, 0.25) is 0 Å². The third kappa shape index (κ3) is 4.15. The van der Waals surface area contributed by atoms with E-state index in [-0.39, 0.29) is 12.2 Å². The maximum atomic E-state index is 12.8. The van der Waals surface area contributed by atoms with Crippen molar-refractivity contribution in [1.82, 2.24) is 4.98 Å². The molecule has 0 spiro atoms. The number of ketones is 1. The van der Waals surface area contributed by atoms with Crippen molar-refractivity contribution in [2.45, 2.75) is 33.1 Å². The van der Waals surface area contributed by atoms with E-state index in [1.807, 2.05) is 43.3 Å². The van der Waals surface area contributed by atoms with Crippen LogP contribution < -0.4 is 0 Å². The second kappa shape index (κ2) is 7.91. The zero-order chi connectivity index (χ0) is 20.5. The molecule has 1 aromatic heterocycles. The molecule has 0 saturated heterocycles. The summed E-state index contributed by atoms with van der Waals surface area (Å²) in [6.45, 7) is 4.04. The molecule has 0 aliphatic heterocycles. The van der Waals surface area contributed by atoms with Crippen LogP contribution in [0.5, 0.6) is 0 Å². The van der Waals surface area contributed by atoms with Crippen LogP contribution in [0, 0.1) is 18.8 Å². The van der Waals surface area contributed by atoms with Crippen molar-refractivity contribution in [3.05, 3.63) is 65.2 Å². The molecule has 5 heteroatoms. The van der Waals surface area contributed by atoms with Crippen LogP contribution in [0.25, 0.3) is 20.8 Å². The second-order valence-electron chi connectivity index (χ2n) is 7.87.